The summed E-state index contributed by atoms with van der Waals surface area (Å²) in [6.07, 6.45) is 14.5. The number of hydrogen-bond acceptors (Lipinski definition) is 2. The monoisotopic (exact) mass is 338 g/mol. The minimum absolute atomic E-state index is 0.123. The number of unbranched alkanes of at least 4 members (excludes halogenated alkanes) is 5. The molecule has 1 aliphatic carbocycles. The normalized spacial score (nSPS) is 22.0. The van der Waals surface area contributed by atoms with Crippen molar-refractivity contribution in [3.63, 3.8) is 0 Å². The van der Waals surface area contributed by atoms with Gasteiger partial charge in [0.15, 0.2) is 0 Å². The second-order valence-electron chi connectivity index (χ2n) is 7.64. The molecule has 140 valence electrons. The van der Waals surface area contributed by atoms with E-state index in [4.69, 9.17) is 5.11 Å². The lowest BCUT2D eigenvalue weighted by atomic mass is 9.85. The summed E-state index contributed by atoms with van der Waals surface area (Å²) < 4.78 is 0. The maximum atomic E-state index is 10.5. The number of rotatable bonds is 14. The summed E-state index contributed by atoms with van der Waals surface area (Å²) in [6, 6.07) is 0. The zero-order chi connectivity index (χ0) is 17.8. The lowest BCUT2D eigenvalue weighted by Gasteiger charge is -2.22. The van der Waals surface area contributed by atoms with Crippen LogP contribution in [0.25, 0.3) is 0 Å². The molecule has 1 rings (SSSR count). The van der Waals surface area contributed by atoms with E-state index >= 15 is 0 Å². The SMILES string of the molecule is C=C1CC[C@H](CC[C@@H](O)CCCCC)[C@H]1CCCCCCC(=O)O. The van der Waals surface area contributed by atoms with Gasteiger partial charge in [-0.15, -0.1) is 0 Å². The van der Waals surface area contributed by atoms with Gasteiger partial charge in [-0.05, 0) is 56.8 Å². The van der Waals surface area contributed by atoms with Crippen LogP contribution in [0.5, 0.6) is 0 Å². The molecule has 0 aliphatic heterocycles. The van der Waals surface area contributed by atoms with Crippen molar-refractivity contribution in [3.05, 3.63) is 12.2 Å². The van der Waals surface area contributed by atoms with Gasteiger partial charge in [0.1, 0.15) is 0 Å². The molecule has 3 atom stereocenters. The number of hydrogen-bond donors (Lipinski definition) is 2. The maximum absolute atomic E-state index is 10.5. The van der Waals surface area contributed by atoms with Crippen molar-refractivity contribution in [3.8, 4) is 0 Å². The predicted octanol–water partition coefficient (Wildman–Crippen LogP) is 5.72. The Morgan fingerprint density at radius 3 is 2.58 bits per heavy atom. The number of carboxylic acid groups (broad SMARTS) is 1. The summed E-state index contributed by atoms with van der Waals surface area (Å²) in [4.78, 5) is 10.5. The van der Waals surface area contributed by atoms with E-state index in [1.165, 1.54) is 37.7 Å². The van der Waals surface area contributed by atoms with Crippen LogP contribution in [0.4, 0.5) is 0 Å². The topological polar surface area (TPSA) is 57.5 Å². The van der Waals surface area contributed by atoms with Gasteiger partial charge < -0.3 is 10.2 Å². The highest BCUT2D eigenvalue weighted by atomic mass is 16.4. The van der Waals surface area contributed by atoms with Crippen molar-refractivity contribution in [2.24, 2.45) is 11.8 Å². The molecule has 0 bridgehead atoms. The first kappa shape index (κ1) is 21.2. The van der Waals surface area contributed by atoms with E-state index in [1.807, 2.05) is 0 Å². The summed E-state index contributed by atoms with van der Waals surface area (Å²) in [5, 5.41) is 18.8. The van der Waals surface area contributed by atoms with Crippen LogP contribution in [0, 0.1) is 11.8 Å². The first-order valence-corrected chi connectivity index (χ1v) is 10.1. The molecule has 0 aromatic heterocycles. The molecule has 0 unspecified atom stereocenters. The van der Waals surface area contributed by atoms with E-state index in [2.05, 4.69) is 13.5 Å². The number of aliphatic hydroxyl groups excluding tert-OH is 1. The van der Waals surface area contributed by atoms with Crippen molar-refractivity contribution < 1.29 is 15.0 Å². The second-order valence-corrected chi connectivity index (χ2v) is 7.64. The molecule has 1 fully saturated rings. The van der Waals surface area contributed by atoms with Crippen molar-refractivity contribution in [2.75, 3.05) is 0 Å². The lowest BCUT2D eigenvalue weighted by molar-refractivity contribution is -0.137. The van der Waals surface area contributed by atoms with E-state index in [0.29, 0.717) is 18.3 Å². The quantitative estimate of drug-likeness (QED) is 0.315. The highest BCUT2D eigenvalue weighted by molar-refractivity contribution is 5.66. The molecule has 1 aliphatic rings. The Labute approximate surface area is 148 Å². The molecular formula is C21H38O3. The van der Waals surface area contributed by atoms with Crippen LogP contribution in [-0.2, 0) is 4.79 Å². The molecule has 0 spiro atoms. The van der Waals surface area contributed by atoms with Gasteiger partial charge >= 0.3 is 5.97 Å². The van der Waals surface area contributed by atoms with Gasteiger partial charge in [0.25, 0.3) is 0 Å². The summed E-state index contributed by atoms with van der Waals surface area (Å²) in [5.74, 6) is 0.654. The van der Waals surface area contributed by atoms with Crippen molar-refractivity contribution in [1.29, 1.82) is 0 Å². The third-order valence-electron chi connectivity index (χ3n) is 5.60. The molecule has 0 heterocycles. The molecular weight excluding hydrogens is 300 g/mol. The molecule has 0 amide bonds. The van der Waals surface area contributed by atoms with Crippen LogP contribution in [0.1, 0.15) is 96.8 Å². The predicted molar refractivity (Wildman–Crippen MR) is 100 cm³/mol. The summed E-state index contributed by atoms with van der Waals surface area (Å²) >= 11 is 0. The van der Waals surface area contributed by atoms with Crippen LogP contribution in [0.3, 0.4) is 0 Å². The fraction of sp³-hybridized carbons (Fsp3) is 0.857. The zero-order valence-electron chi connectivity index (χ0n) is 15.6. The van der Waals surface area contributed by atoms with Gasteiger partial charge in [-0.2, -0.15) is 0 Å². The smallest absolute Gasteiger partial charge is 0.303 e. The zero-order valence-corrected chi connectivity index (χ0v) is 15.6. The van der Waals surface area contributed by atoms with Crippen LogP contribution >= 0.6 is 0 Å². The number of aliphatic carboxylic acids is 1. The number of allylic oxidation sites excluding steroid dienone is 1. The third kappa shape index (κ3) is 8.86. The van der Waals surface area contributed by atoms with Crippen molar-refractivity contribution in [1.82, 2.24) is 0 Å². The number of aliphatic hydroxyl groups is 1. The van der Waals surface area contributed by atoms with E-state index in [0.717, 1.165) is 51.4 Å². The Morgan fingerprint density at radius 1 is 1.12 bits per heavy atom. The molecule has 0 radical (unpaired) electrons. The van der Waals surface area contributed by atoms with E-state index in [9.17, 15) is 9.90 Å². The fourth-order valence-corrected chi connectivity index (χ4v) is 4.05. The average molecular weight is 339 g/mol. The van der Waals surface area contributed by atoms with E-state index in [1.54, 1.807) is 0 Å². The van der Waals surface area contributed by atoms with Crippen LogP contribution in [0.2, 0.25) is 0 Å². The molecule has 24 heavy (non-hydrogen) atoms. The molecule has 0 aromatic carbocycles. The molecule has 1 saturated carbocycles. The van der Waals surface area contributed by atoms with Crippen molar-refractivity contribution >= 4 is 5.97 Å². The summed E-state index contributed by atoms with van der Waals surface area (Å²) in [6.45, 7) is 6.47. The first-order valence-electron chi connectivity index (χ1n) is 10.1. The number of carbonyl (C=O) groups is 1. The Morgan fingerprint density at radius 2 is 1.88 bits per heavy atom. The summed E-state index contributed by atoms with van der Waals surface area (Å²) in [5.41, 5.74) is 1.41. The standard InChI is InChI=1S/C21H38O3/c1-3-4-7-10-19(22)16-15-18-14-13-17(2)20(18)11-8-5-6-9-12-21(23)24/h18-20,22H,2-16H2,1H3,(H,23,24)/t18-,19+,20+/m1/s1. The number of carboxylic acids is 1. The van der Waals surface area contributed by atoms with Gasteiger partial charge in [-0.3, -0.25) is 4.79 Å². The Bertz CT molecular complexity index is 364. The van der Waals surface area contributed by atoms with Gasteiger partial charge in [-0.25, -0.2) is 0 Å². The molecule has 3 heteroatoms. The van der Waals surface area contributed by atoms with Gasteiger partial charge in [0, 0.05) is 6.42 Å². The van der Waals surface area contributed by atoms with Crippen molar-refractivity contribution in [2.45, 2.75) is 103 Å². The summed E-state index contributed by atoms with van der Waals surface area (Å²) in [7, 11) is 0. The Kier molecular flexibility index (Phi) is 11.1. The lowest BCUT2D eigenvalue weighted by Crippen LogP contribution is -2.14. The Hall–Kier alpha value is -0.830. The minimum Gasteiger partial charge on any atom is -0.481 e. The third-order valence-corrected chi connectivity index (χ3v) is 5.60. The van der Waals surface area contributed by atoms with E-state index in [-0.39, 0.29) is 6.10 Å². The minimum atomic E-state index is -0.684. The molecule has 0 saturated heterocycles. The fourth-order valence-electron chi connectivity index (χ4n) is 4.05. The van der Waals surface area contributed by atoms with E-state index < -0.39 is 5.97 Å². The molecule has 3 nitrogen and oxygen atoms in total. The second kappa shape index (κ2) is 12.5. The largest absolute Gasteiger partial charge is 0.481 e. The highest BCUT2D eigenvalue weighted by Gasteiger charge is 2.29. The Balaban J connectivity index is 2.19. The molecule has 0 aromatic rings. The molecule has 2 N–H and O–H groups in total. The maximum Gasteiger partial charge on any atom is 0.303 e. The van der Waals surface area contributed by atoms with Crippen LogP contribution in [-0.4, -0.2) is 22.3 Å². The van der Waals surface area contributed by atoms with Crippen LogP contribution in [0.15, 0.2) is 12.2 Å². The highest BCUT2D eigenvalue weighted by Crippen LogP contribution is 2.41. The van der Waals surface area contributed by atoms with Gasteiger partial charge in [0.2, 0.25) is 0 Å². The average Bonchev–Trinajstić information content (AvgIpc) is 2.89. The van der Waals surface area contributed by atoms with Gasteiger partial charge in [-0.1, -0.05) is 57.6 Å². The van der Waals surface area contributed by atoms with Gasteiger partial charge in [0.05, 0.1) is 6.10 Å². The van der Waals surface area contributed by atoms with Crippen LogP contribution < -0.4 is 0 Å². The first-order chi connectivity index (χ1) is 11.5.